The van der Waals surface area contributed by atoms with E-state index in [4.69, 9.17) is 0 Å². The third kappa shape index (κ3) is 5.14. The second kappa shape index (κ2) is 10.1. The minimum absolute atomic E-state index is 0.162. The number of pyridine rings is 1. The van der Waals surface area contributed by atoms with Crippen LogP contribution in [0.1, 0.15) is 0 Å². The van der Waals surface area contributed by atoms with Crippen molar-refractivity contribution in [1.82, 2.24) is 29.4 Å². The van der Waals surface area contributed by atoms with Gasteiger partial charge >= 0.3 is 0 Å². The van der Waals surface area contributed by atoms with E-state index < -0.39 is 11.5 Å². The molecule has 1 aliphatic heterocycles. The molecule has 11 nitrogen and oxygen atoms in total. The summed E-state index contributed by atoms with van der Waals surface area (Å²) in [5, 5.41) is 5.77. The first-order valence-electron chi connectivity index (χ1n) is 11.6. The van der Waals surface area contributed by atoms with E-state index in [-0.39, 0.29) is 28.6 Å². The molecule has 0 saturated carbocycles. The lowest BCUT2D eigenvalue weighted by molar-refractivity contribution is -0.111. The number of hydrogen-bond acceptors (Lipinski definition) is 9. The van der Waals surface area contributed by atoms with E-state index in [1.165, 1.54) is 23.2 Å². The van der Waals surface area contributed by atoms with E-state index in [0.717, 1.165) is 32.3 Å². The lowest BCUT2D eigenvalue weighted by atomic mass is 10.2. The van der Waals surface area contributed by atoms with E-state index in [2.05, 4.69) is 42.0 Å². The van der Waals surface area contributed by atoms with Gasteiger partial charge in [-0.1, -0.05) is 12.6 Å². The second-order valence-electron chi connectivity index (χ2n) is 8.51. The zero-order valence-corrected chi connectivity index (χ0v) is 20.1. The summed E-state index contributed by atoms with van der Waals surface area (Å²) in [6.07, 6.45) is 3.79. The third-order valence-electron chi connectivity index (χ3n) is 5.98. The summed E-state index contributed by atoms with van der Waals surface area (Å²) in [6, 6.07) is 9.88. The van der Waals surface area contributed by atoms with Crippen LogP contribution in [-0.4, -0.2) is 68.5 Å². The molecule has 0 aliphatic carbocycles. The predicted octanol–water partition coefficient (Wildman–Crippen LogP) is 2.33. The average molecular weight is 502 g/mol. The fraction of sp³-hybridized carbons (Fsp3) is 0.200. The SMILES string of the molecule is C=CC(=O)Nc1cccc(-n2cnc(=O)c3cnc(Nc4ccc(N5CCN(C)CC5)c(F)c4)nc32)n1. The van der Waals surface area contributed by atoms with Crippen LogP contribution in [-0.2, 0) is 4.79 Å². The van der Waals surface area contributed by atoms with E-state index in [1.807, 2.05) is 11.9 Å². The van der Waals surface area contributed by atoms with Gasteiger partial charge in [0.2, 0.25) is 11.9 Å². The van der Waals surface area contributed by atoms with Gasteiger partial charge in [0, 0.05) is 38.1 Å². The summed E-state index contributed by atoms with van der Waals surface area (Å²) in [4.78, 5) is 45.2. The van der Waals surface area contributed by atoms with Gasteiger partial charge < -0.3 is 20.4 Å². The van der Waals surface area contributed by atoms with Gasteiger partial charge in [-0.3, -0.25) is 14.2 Å². The van der Waals surface area contributed by atoms with Crippen LogP contribution < -0.4 is 21.1 Å². The summed E-state index contributed by atoms with van der Waals surface area (Å²) in [7, 11) is 2.05. The molecule has 1 saturated heterocycles. The summed E-state index contributed by atoms with van der Waals surface area (Å²) >= 11 is 0. The Labute approximate surface area is 211 Å². The zero-order valence-electron chi connectivity index (χ0n) is 20.1. The number of carbonyl (C=O) groups excluding carboxylic acids is 1. The molecule has 188 valence electrons. The molecule has 1 fully saturated rings. The molecule has 4 aromatic rings. The number of halogens is 1. The number of anilines is 4. The van der Waals surface area contributed by atoms with E-state index in [9.17, 15) is 14.0 Å². The minimum Gasteiger partial charge on any atom is -0.367 e. The quantitative estimate of drug-likeness (QED) is 0.384. The lowest BCUT2D eigenvalue weighted by Crippen LogP contribution is -2.44. The molecule has 5 rings (SSSR count). The lowest BCUT2D eigenvalue weighted by Gasteiger charge is -2.34. The van der Waals surface area contributed by atoms with Crippen LogP contribution in [0.3, 0.4) is 0 Å². The van der Waals surface area contributed by atoms with Crippen LogP contribution >= 0.6 is 0 Å². The van der Waals surface area contributed by atoms with Crippen LogP contribution in [0.2, 0.25) is 0 Å². The van der Waals surface area contributed by atoms with Crippen molar-refractivity contribution < 1.29 is 9.18 Å². The number of benzene rings is 1. The maximum atomic E-state index is 14.9. The van der Waals surface area contributed by atoms with Crippen molar-refractivity contribution in [3.63, 3.8) is 0 Å². The van der Waals surface area contributed by atoms with Crippen molar-refractivity contribution in [1.29, 1.82) is 0 Å². The Kier molecular flexibility index (Phi) is 6.56. The van der Waals surface area contributed by atoms with Crippen molar-refractivity contribution in [2.75, 3.05) is 48.8 Å². The van der Waals surface area contributed by atoms with Gasteiger partial charge in [-0.05, 0) is 43.5 Å². The number of carbonyl (C=O) groups is 1. The van der Waals surface area contributed by atoms with E-state index in [1.54, 1.807) is 30.3 Å². The van der Waals surface area contributed by atoms with Crippen molar-refractivity contribution in [3.8, 4) is 5.82 Å². The number of likely N-dealkylation sites (N-methyl/N-ethyl adjacent to an activating group) is 1. The standard InChI is InChI=1S/C25H24FN9O2/c1-3-22(36)31-20-5-4-6-21(30-20)35-15-28-24(37)17-14-27-25(32-23(17)35)29-16-7-8-19(18(26)13-16)34-11-9-33(2)10-12-34/h3-8,13-15H,1,9-12H2,2H3,(H,27,29,32)(H,30,31,36). The van der Waals surface area contributed by atoms with Gasteiger partial charge in [0.25, 0.3) is 5.56 Å². The van der Waals surface area contributed by atoms with Crippen molar-refractivity contribution >= 4 is 40.1 Å². The average Bonchev–Trinajstić information content (AvgIpc) is 2.90. The summed E-state index contributed by atoms with van der Waals surface area (Å²) in [6.45, 7) is 6.69. The Hall–Kier alpha value is -4.71. The summed E-state index contributed by atoms with van der Waals surface area (Å²) in [5.41, 5.74) is 0.751. The first-order chi connectivity index (χ1) is 17.9. The molecule has 0 unspecified atom stereocenters. The van der Waals surface area contributed by atoms with Crippen LogP contribution in [0, 0.1) is 5.82 Å². The monoisotopic (exact) mass is 501 g/mol. The van der Waals surface area contributed by atoms with Gasteiger partial charge in [0.1, 0.15) is 29.2 Å². The molecule has 1 aliphatic rings. The highest BCUT2D eigenvalue weighted by atomic mass is 19.1. The molecule has 1 aromatic carbocycles. The highest BCUT2D eigenvalue weighted by Gasteiger charge is 2.18. The molecule has 2 N–H and O–H groups in total. The van der Waals surface area contributed by atoms with Gasteiger partial charge in [0.15, 0.2) is 5.65 Å². The number of rotatable bonds is 6. The molecule has 0 atom stereocenters. The van der Waals surface area contributed by atoms with Gasteiger partial charge in [0.05, 0.1) is 5.69 Å². The predicted molar refractivity (Wildman–Crippen MR) is 139 cm³/mol. The Bertz CT molecular complexity index is 1550. The zero-order chi connectivity index (χ0) is 25.9. The largest absolute Gasteiger partial charge is 0.367 e. The second-order valence-corrected chi connectivity index (χ2v) is 8.51. The van der Waals surface area contributed by atoms with Crippen LogP contribution in [0.15, 0.2) is 66.4 Å². The molecular formula is C25H24FN9O2. The van der Waals surface area contributed by atoms with Crippen molar-refractivity contribution in [2.24, 2.45) is 0 Å². The summed E-state index contributed by atoms with van der Waals surface area (Å²) in [5.74, 6) is 0.0603. The highest BCUT2D eigenvalue weighted by molar-refractivity contribution is 5.98. The number of nitrogens with one attached hydrogen (secondary N) is 2. The molecule has 0 bridgehead atoms. The Morgan fingerprint density at radius 2 is 1.92 bits per heavy atom. The van der Waals surface area contributed by atoms with E-state index in [0.29, 0.717) is 17.2 Å². The van der Waals surface area contributed by atoms with Crippen LogP contribution in [0.4, 0.5) is 27.5 Å². The number of hydrogen-bond donors (Lipinski definition) is 2. The third-order valence-corrected chi connectivity index (χ3v) is 5.98. The number of amides is 1. The normalized spacial score (nSPS) is 13.9. The Morgan fingerprint density at radius 3 is 2.68 bits per heavy atom. The molecule has 0 radical (unpaired) electrons. The first kappa shape index (κ1) is 24.0. The fourth-order valence-corrected chi connectivity index (χ4v) is 3.99. The first-order valence-corrected chi connectivity index (χ1v) is 11.6. The van der Waals surface area contributed by atoms with Crippen LogP contribution in [0.5, 0.6) is 0 Å². The molecule has 4 heterocycles. The number of fused-ring (bicyclic) bond motifs is 1. The topological polar surface area (TPSA) is 121 Å². The smallest absolute Gasteiger partial charge is 0.283 e. The van der Waals surface area contributed by atoms with Crippen LogP contribution in [0.25, 0.3) is 16.9 Å². The molecule has 1 amide bonds. The Balaban J connectivity index is 1.45. The minimum atomic E-state index is -0.503. The fourth-order valence-electron chi connectivity index (χ4n) is 3.99. The molecule has 37 heavy (non-hydrogen) atoms. The summed E-state index contributed by atoms with van der Waals surface area (Å²) < 4.78 is 16.4. The van der Waals surface area contributed by atoms with E-state index >= 15 is 0 Å². The maximum Gasteiger partial charge on any atom is 0.283 e. The number of aromatic nitrogens is 5. The van der Waals surface area contributed by atoms with Crippen molar-refractivity contribution in [3.05, 3.63) is 77.7 Å². The molecular weight excluding hydrogens is 477 g/mol. The van der Waals surface area contributed by atoms with Gasteiger partial charge in [-0.15, -0.1) is 0 Å². The Morgan fingerprint density at radius 1 is 1.11 bits per heavy atom. The number of nitrogens with zero attached hydrogens (tertiary/aromatic N) is 7. The molecule has 12 heteroatoms. The molecule has 0 spiro atoms. The molecule has 3 aromatic heterocycles. The number of piperazine rings is 1. The van der Waals surface area contributed by atoms with Gasteiger partial charge in [-0.2, -0.15) is 9.97 Å². The van der Waals surface area contributed by atoms with Crippen molar-refractivity contribution in [2.45, 2.75) is 0 Å². The van der Waals surface area contributed by atoms with Gasteiger partial charge in [-0.25, -0.2) is 14.4 Å². The highest BCUT2D eigenvalue weighted by Crippen LogP contribution is 2.25. The maximum absolute atomic E-state index is 14.9.